The fraction of sp³-hybridized carbons (Fsp3) is 0.500. The molecule has 158 valence electrons. The molecular formula is C20H26FN3O4S. The first-order valence-corrected chi connectivity index (χ1v) is 11.0. The van der Waals surface area contributed by atoms with Crippen LogP contribution in [-0.2, 0) is 20.2 Å². The van der Waals surface area contributed by atoms with Crippen LogP contribution in [0.15, 0.2) is 33.7 Å². The van der Waals surface area contributed by atoms with Gasteiger partial charge in [0.05, 0.1) is 0 Å². The van der Waals surface area contributed by atoms with Crippen molar-refractivity contribution in [1.82, 2.24) is 14.8 Å². The smallest absolute Gasteiger partial charge is 0.249 e. The lowest BCUT2D eigenvalue weighted by Crippen LogP contribution is -2.48. The number of carbonyl (C=O) groups excluding carboxylic acids is 1. The molecule has 3 rings (SSSR count). The number of sulfonamides is 1. The van der Waals surface area contributed by atoms with Crippen LogP contribution in [0.25, 0.3) is 0 Å². The van der Waals surface area contributed by atoms with Crippen molar-refractivity contribution in [3.63, 3.8) is 0 Å². The second kappa shape index (κ2) is 7.87. The summed E-state index contributed by atoms with van der Waals surface area (Å²) in [5.41, 5.74) is 0.117. The molecule has 9 heteroatoms. The first-order valence-electron chi connectivity index (χ1n) is 9.53. The summed E-state index contributed by atoms with van der Waals surface area (Å²) in [6.07, 6.45) is 1.01. The Hall–Kier alpha value is -2.26. The maximum absolute atomic E-state index is 14.1. The Labute approximate surface area is 170 Å². The summed E-state index contributed by atoms with van der Waals surface area (Å²) in [5.74, 6) is -0.522. The van der Waals surface area contributed by atoms with Crippen LogP contribution in [0.1, 0.15) is 43.7 Å². The van der Waals surface area contributed by atoms with Gasteiger partial charge in [-0.1, -0.05) is 37.2 Å². The molecule has 1 atom stereocenters. The number of rotatable bonds is 6. The van der Waals surface area contributed by atoms with Gasteiger partial charge in [0.15, 0.2) is 5.76 Å². The van der Waals surface area contributed by atoms with E-state index in [0.717, 1.165) is 0 Å². The van der Waals surface area contributed by atoms with Crippen molar-refractivity contribution < 1.29 is 22.1 Å². The summed E-state index contributed by atoms with van der Waals surface area (Å²) in [6, 6.07) is 5.62. The van der Waals surface area contributed by atoms with Gasteiger partial charge >= 0.3 is 0 Å². The molecule has 1 aliphatic rings. The van der Waals surface area contributed by atoms with Gasteiger partial charge in [-0.3, -0.25) is 4.79 Å². The van der Waals surface area contributed by atoms with E-state index >= 15 is 0 Å². The molecule has 1 aliphatic heterocycles. The van der Waals surface area contributed by atoms with Crippen molar-refractivity contribution in [2.45, 2.75) is 56.9 Å². The third-order valence-electron chi connectivity index (χ3n) is 5.35. The van der Waals surface area contributed by atoms with E-state index in [0.29, 0.717) is 18.4 Å². The minimum atomic E-state index is -3.91. The highest BCUT2D eigenvalue weighted by Gasteiger charge is 2.42. The number of benzene rings is 1. The van der Waals surface area contributed by atoms with Gasteiger partial charge in [0.2, 0.25) is 15.9 Å². The zero-order valence-corrected chi connectivity index (χ0v) is 17.8. The number of halogens is 1. The molecule has 1 amide bonds. The van der Waals surface area contributed by atoms with Crippen LogP contribution >= 0.6 is 0 Å². The number of aryl methyl sites for hydroxylation is 2. The highest BCUT2D eigenvalue weighted by molar-refractivity contribution is 7.89. The number of carbonyl (C=O) groups is 1. The third-order valence-corrected chi connectivity index (χ3v) is 7.50. The zero-order valence-electron chi connectivity index (χ0n) is 17.0. The maximum atomic E-state index is 14.1. The summed E-state index contributed by atoms with van der Waals surface area (Å²) >= 11 is 0. The predicted molar refractivity (Wildman–Crippen MR) is 105 cm³/mol. The number of hydrogen-bond donors (Lipinski definition) is 1. The summed E-state index contributed by atoms with van der Waals surface area (Å²) in [6.45, 7) is 7.20. The lowest BCUT2D eigenvalue weighted by atomic mass is 9.84. The molecule has 1 aromatic heterocycles. The summed E-state index contributed by atoms with van der Waals surface area (Å²) in [7, 11) is -3.91. The topological polar surface area (TPSA) is 92.5 Å². The Morgan fingerprint density at radius 2 is 2.03 bits per heavy atom. The summed E-state index contributed by atoms with van der Waals surface area (Å²) in [4.78, 5) is 12.9. The monoisotopic (exact) mass is 423 g/mol. The molecule has 0 bridgehead atoms. The molecule has 1 N–H and O–H groups in total. The second-order valence-corrected chi connectivity index (χ2v) is 9.84. The highest BCUT2D eigenvalue weighted by atomic mass is 32.2. The van der Waals surface area contributed by atoms with Gasteiger partial charge in [0.1, 0.15) is 22.4 Å². The van der Waals surface area contributed by atoms with Crippen LogP contribution in [-0.4, -0.2) is 42.9 Å². The molecule has 1 saturated heterocycles. The van der Waals surface area contributed by atoms with Crippen molar-refractivity contribution in [3.8, 4) is 0 Å². The fourth-order valence-electron chi connectivity index (χ4n) is 3.78. The first-order chi connectivity index (χ1) is 13.6. The molecule has 7 nitrogen and oxygen atoms in total. The molecule has 0 radical (unpaired) electrons. The van der Waals surface area contributed by atoms with E-state index in [2.05, 4.69) is 10.5 Å². The third kappa shape index (κ3) is 4.06. The SMILES string of the molecule is Cc1noc(C)c1S(=O)(=O)N1CCC[C@@H]1C(=O)NCC(C)(C)c1ccccc1F. The van der Waals surface area contributed by atoms with E-state index < -0.39 is 21.5 Å². The quantitative estimate of drug-likeness (QED) is 0.771. The van der Waals surface area contributed by atoms with Crippen LogP contribution < -0.4 is 5.32 Å². The molecule has 0 spiro atoms. The Morgan fingerprint density at radius 3 is 2.66 bits per heavy atom. The molecule has 2 aromatic rings. The van der Waals surface area contributed by atoms with E-state index in [1.54, 1.807) is 25.1 Å². The van der Waals surface area contributed by atoms with Crippen LogP contribution in [0.2, 0.25) is 0 Å². The number of aromatic nitrogens is 1. The van der Waals surface area contributed by atoms with Gasteiger partial charge in [0.25, 0.3) is 0 Å². The first kappa shape index (κ1) is 21.4. The second-order valence-electron chi connectivity index (χ2n) is 8.01. The van der Waals surface area contributed by atoms with Crippen molar-refractivity contribution in [2.75, 3.05) is 13.1 Å². The van der Waals surface area contributed by atoms with E-state index in [9.17, 15) is 17.6 Å². The molecule has 29 heavy (non-hydrogen) atoms. The summed E-state index contributed by atoms with van der Waals surface area (Å²) < 4.78 is 46.6. The molecule has 1 aromatic carbocycles. The van der Waals surface area contributed by atoms with Crippen molar-refractivity contribution in [1.29, 1.82) is 0 Å². The van der Waals surface area contributed by atoms with Gasteiger partial charge < -0.3 is 9.84 Å². The van der Waals surface area contributed by atoms with E-state index in [1.165, 1.54) is 17.3 Å². The maximum Gasteiger partial charge on any atom is 0.249 e. The standard InChI is InChI=1S/C20H26FN3O4S/c1-13-18(14(2)28-23-13)29(26,27)24-11-7-10-17(24)19(25)22-12-20(3,4)15-8-5-6-9-16(15)21/h5-6,8-9,17H,7,10-12H2,1-4H3,(H,22,25)/t17-/m1/s1. The Morgan fingerprint density at radius 1 is 1.34 bits per heavy atom. The average molecular weight is 424 g/mol. The van der Waals surface area contributed by atoms with E-state index in [1.807, 2.05) is 13.8 Å². The lowest BCUT2D eigenvalue weighted by Gasteiger charge is -2.28. The molecule has 1 fully saturated rings. The number of hydrogen-bond acceptors (Lipinski definition) is 5. The summed E-state index contributed by atoms with van der Waals surface area (Å²) in [5, 5.41) is 6.53. The van der Waals surface area contributed by atoms with Crippen LogP contribution in [0.5, 0.6) is 0 Å². The Kier molecular flexibility index (Phi) is 5.82. The molecule has 0 saturated carbocycles. The minimum absolute atomic E-state index is 0.0175. The average Bonchev–Trinajstić information content (AvgIpc) is 3.27. The van der Waals surface area contributed by atoms with Gasteiger partial charge in [-0.15, -0.1) is 0 Å². The van der Waals surface area contributed by atoms with Crippen molar-refractivity contribution in [3.05, 3.63) is 47.1 Å². The van der Waals surface area contributed by atoms with Gasteiger partial charge in [0, 0.05) is 18.5 Å². The normalized spacial score (nSPS) is 18.2. The fourth-order valence-corrected chi connectivity index (χ4v) is 5.73. The minimum Gasteiger partial charge on any atom is -0.360 e. The van der Waals surface area contributed by atoms with Crippen LogP contribution in [0.4, 0.5) is 4.39 Å². The van der Waals surface area contributed by atoms with E-state index in [-0.39, 0.29) is 41.2 Å². The Balaban J connectivity index is 1.76. The van der Waals surface area contributed by atoms with Crippen molar-refractivity contribution >= 4 is 15.9 Å². The highest BCUT2D eigenvalue weighted by Crippen LogP contribution is 2.30. The predicted octanol–water partition coefficient (Wildman–Crippen LogP) is 2.68. The molecular weight excluding hydrogens is 397 g/mol. The molecule has 0 aliphatic carbocycles. The Bertz CT molecular complexity index is 997. The number of nitrogens with one attached hydrogen (secondary N) is 1. The lowest BCUT2D eigenvalue weighted by molar-refractivity contribution is -0.124. The number of nitrogens with zero attached hydrogens (tertiary/aromatic N) is 2. The van der Waals surface area contributed by atoms with Crippen molar-refractivity contribution in [2.24, 2.45) is 0 Å². The zero-order chi connectivity index (χ0) is 21.4. The van der Waals surface area contributed by atoms with Gasteiger partial charge in [-0.2, -0.15) is 4.31 Å². The van der Waals surface area contributed by atoms with Gasteiger partial charge in [-0.25, -0.2) is 12.8 Å². The largest absolute Gasteiger partial charge is 0.360 e. The number of amides is 1. The van der Waals surface area contributed by atoms with E-state index in [4.69, 9.17) is 4.52 Å². The van der Waals surface area contributed by atoms with Crippen LogP contribution in [0.3, 0.4) is 0 Å². The van der Waals surface area contributed by atoms with Gasteiger partial charge in [-0.05, 0) is 38.3 Å². The molecule has 2 heterocycles. The molecule has 0 unspecified atom stereocenters. The van der Waals surface area contributed by atoms with Crippen LogP contribution in [0, 0.1) is 19.7 Å².